The van der Waals surface area contributed by atoms with Crippen LogP contribution in [0.1, 0.15) is 18.9 Å². The van der Waals surface area contributed by atoms with Crippen molar-refractivity contribution < 1.29 is 14.7 Å². The van der Waals surface area contributed by atoms with E-state index in [0.717, 1.165) is 5.39 Å². The lowest BCUT2D eigenvalue weighted by atomic mass is 10.1. The van der Waals surface area contributed by atoms with Crippen molar-refractivity contribution in [3.8, 4) is 5.75 Å². The van der Waals surface area contributed by atoms with Gasteiger partial charge in [-0.25, -0.2) is 4.98 Å². The SMILES string of the molecule is O=C1CCC(n2ccc3cc(O)cnc32)C(=O)N1. The summed E-state index contributed by atoms with van der Waals surface area (Å²) in [6, 6.07) is 2.95. The number of pyridine rings is 1. The highest BCUT2D eigenvalue weighted by molar-refractivity contribution is 6.00. The number of fused-ring (bicyclic) bond motifs is 1. The van der Waals surface area contributed by atoms with Gasteiger partial charge in [0.2, 0.25) is 11.8 Å². The molecule has 0 bridgehead atoms. The van der Waals surface area contributed by atoms with Crippen molar-refractivity contribution in [2.45, 2.75) is 18.9 Å². The Balaban J connectivity index is 2.04. The van der Waals surface area contributed by atoms with Gasteiger partial charge in [-0.2, -0.15) is 0 Å². The van der Waals surface area contributed by atoms with E-state index < -0.39 is 6.04 Å². The predicted octanol–water partition coefficient (Wildman–Crippen LogP) is 0.720. The molecule has 6 nitrogen and oxygen atoms in total. The van der Waals surface area contributed by atoms with Crippen molar-refractivity contribution in [3.05, 3.63) is 24.5 Å². The number of carbonyl (C=O) groups is 2. The summed E-state index contributed by atoms with van der Waals surface area (Å²) in [6.07, 6.45) is 3.88. The zero-order valence-corrected chi connectivity index (χ0v) is 9.46. The maximum absolute atomic E-state index is 11.8. The van der Waals surface area contributed by atoms with Crippen LogP contribution in [-0.4, -0.2) is 26.5 Å². The minimum Gasteiger partial charge on any atom is -0.506 e. The molecule has 1 fully saturated rings. The molecule has 1 unspecified atom stereocenters. The second kappa shape index (κ2) is 3.83. The van der Waals surface area contributed by atoms with Crippen molar-refractivity contribution in [1.82, 2.24) is 14.9 Å². The Kier molecular flexibility index (Phi) is 2.29. The third-order valence-electron chi connectivity index (χ3n) is 3.09. The number of aromatic nitrogens is 2. The zero-order chi connectivity index (χ0) is 12.7. The highest BCUT2D eigenvalue weighted by atomic mass is 16.3. The highest BCUT2D eigenvalue weighted by Crippen LogP contribution is 2.25. The molecule has 6 heteroatoms. The van der Waals surface area contributed by atoms with E-state index in [1.54, 1.807) is 22.9 Å². The van der Waals surface area contributed by atoms with Gasteiger partial charge in [-0.15, -0.1) is 0 Å². The zero-order valence-electron chi connectivity index (χ0n) is 9.46. The summed E-state index contributed by atoms with van der Waals surface area (Å²) in [7, 11) is 0. The Hall–Kier alpha value is -2.37. The molecule has 3 heterocycles. The van der Waals surface area contributed by atoms with E-state index >= 15 is 0 Å². The molecule has 2 amide bonds. The normalized spacial score (nSPS) is 20.1. The van der Waals surface area contributed by atoms with Crippen LogP contribution < -0.4 is 5.32 Å². The van der Waals surface area contributed by atoms with Gasteiger partial charge in [0.15, 0.2) is 0 Å². The Morgan fingerprint density at radius 2 is 2.28 bits per heavy atom. The molecule has 1 aliphatic heterocycles. The quantitative estimate of drug-likeness (QED) is 0.725. The molecule has 1 atom stereocenters. The Labute approximate surface area is 102 Å². The maximum atomic E-state index is 11.8. The molecule has 2 N–H and O–H groups in total. The van der Waals surface area contributed by atoms with Crippen LogP contribution in [-0.2, 0) is 9.59 Å². The summed E-state index contributed by atoms with van der Waals surface area (Å²) < 4.78 is 1.73. The number of hydrogen-bond donors (Lipinski definition) is 2. The average Bonchev–Trinajstić information content (AvgIpc) is 2.72. The fourth-order valence-corrected chi connectivity index (χ4v) is 2.23. The summed E-state index contributed by atoms with van der Waals surface area (Å²) >= 11 is 0. The number of rotatable bonds is 1. The molecule has 1 aliphatic rings. The summed E-state index contributed by atoms with van der Waals surface area (Å²) in [6.45, 7) is 0. The molecule has 0 aromatic carbocycles. The van der Waals surface area contributed by atoms with Gasteiger partial charge >= 0.3 is 0 Å². The molecular formula is C12H11N3O3. The lowest BCUT2D eigenvalue weighted by Gasteiger charge is -2.22. The number of aromatic hydroxyl groups is 1. The fraction of sp³-hybridized carbons (Fsp3) is 0.250. The van der Waals surface area contributed by atoms with Crippen LogP contribution in [0.15, 0.2) is 24.5 Å². The van der Waals surface area contributed by atoms with E-state index in [0.29, 0.717) is 18.5 Å². The largest absolute Gasteiger partial charge is 0.506 e. The molecule has 0 saturated carbocycles. The van der Waals surface area contributed by atoms with Crippen LogP contribution in [0, 0.1) is 0 Å². The van der Waals surface area contributed by atoms with Gasteiger partial charge in [0, 0.05) is 18.0 Å². The van der Waals surface area contributed by atoms with Gasteiger partial charge < -0.3 is 9.67 Å². The lowest BCUT2D eigenvalue weighted by molar-refractivity contribution is -0.135. The van der Waals surface area contributed by atoms with E-state index in [1.807, 2.05) is 0 Å². The Morgan fingerprint density at radius 1 is 1.44 bits per heavy atom. The van der Waals surface area contributed by atoms with Crippen LogP contribution in [0.5, 0.6) is 5.75 Å². The first-order chi connectivity index (χ1) is 8.65. The van der Waals surface area contributed by atoms with Gasteiger partial charge in [-0.3, -0.25) is 14.9 Å². The van der Waals surface area contributed by atoms with Crippen molar-refractivity contribution in [2.75, 3.05) is 0 Å². The minimum atomic E-state index is -0.419. The van der Waals surface area contributed by atoms with Crippen molar-refractivity contribution >= 4 is 22.8 Å². The number of carbonyl (C=O) groups excluding carboxylic acids is 2. The third-order valence-corrected chi connectivity index (χ3v) is 3.09. The number of piperidine rings is 1. The molecule has 0 aliphatic carbocycles. The van der Waals surface area contributed by atoms with Gasteiger partial charge in [0.25, 0.3) is 0 Å². The molecular weight excluding hydrogens is 234 g/mol. The first-order valence-corrected chi connectivity index (χ1v) is 5.64. The smallest absolute Gasteiger partial charge is 0.249 e. The fourth-order valence-electron chi connectivity index (χ4n) is 2.23. The van der Waals surface area contributed by atoms with Crippen LogP contribution in [0.3, 0.4) is 0 Å². The van der Waals surface area contributed by atoms with Crippen LogP contribution in [0.4, 0.5) is 0 Å². The maximum Gasteiger partial charge on any atom is 0.249 e. The molecule has 92 valence electrons. The van der Waals surface area contributed by atoms with Crippen molar-refractivity contribution in [1.29, 1.82) is 0 Å². The van der Waals surface area contributed by atoms with Crippen LogP contribution in [0.2, 0.25) is 0 Å². The molecule has 0 radical (unpaired) electrons. The topological polar surface area (TPSA) is 84.2 Å². The van der Waals surface area contributed by atoms with Crippen molar-refractivity contribution in [3.63, 3.8) is 0 Å². The Bertz CT molecular complexity index is 647. The second-order valence-electron chi connectivity index (χ2n) is 4.30. The summed E-state index contributed by atoms with van der Waals surface area (Å²) in [5.74, 6) is -0.458. The van der Waals surface area contributed by atoms with E-state index in [2.05, 4.69) is 10.3 Å². The third kappa shape index (κ3) is 1.62. The minimum absolute atomic E-state index is 0.0866. The first kappa shape index (κ1) is 10.8. The molecule has 18 heavy (non-hydrogen) atoms. The molecule has 0 spiro atoms. The molecule has 2 aromatic heterocycles. The number of amides is 2. The van der Waals surface area contributed by atoms with Crippen LogP contribution in [0.25, 0.3) is 11.0 Å². The molecule has 1 saturated heterocycles. The van der Waals surface area contributed by atoms with E-state index in [4.69, 9.17) is 0 Å². The molecule has 2 aromatic rings. The number of nitrogens with zero attached hydrogens (tertiary/aromatic N) is 2. The van der Waals surface area contributed by atoms with Gasteiger partial charge in [-0.05, 0) is 18.6 Å². The van der Waals surface area contributed by atoms with Crippen molar-refractivity contribution in [2.24, 2.45) is 0 Å². The van der Waals surface area contributed by atoms with E-state index in [1.165, 1.54) is 6.20 Å². The Morgan fingerprint density at radius 3 is 3.06 bits per heavy atom. The standard InChI is InChI=1S/C12H11N3O3/c16-8-5-7-3-4-15(11(7)13-6-8)9-1-2-10(17)14-12(9)18/h3-6,9,16H,1-2H2,(H,14,17,18). The summed E-state index contributed by atoms with van der Waals surface area (Å²) in [5, 5.41) is 12.4. The predicted molar refractivity (Wildman–Crippen MR) is 62.8 cm³/mol. The summed E-state index contributed by atoms with van der Waals surface area (Å²) in [5.41, 5.74) is 0.627. The number of hydrogen-bond acceptors (Lipinski definition) is 4. The first-order valence-electron chi connectivity index (χ1n) is 5.64. The van der Waals surface area contributed by atoms with Gasteiger partial charge in [0.1, 0.15) is 17.4 Å². The lowest BCUT2D eigenvalue weighted by Crippen LogP contribution is -2.41. The highest BCUT2D eigenvalue weighted by Gasteiger charge is 2.28. The summed E-state index contributed by atoms with van der Waals surface area (Å²) in [4.78, 5) is 27.0. The van der Waals surface area contributed by atoms with Gasteiger partial charge in [-0.1, -0.05) is 0 Å². The second-order valence-corrected chi connectivity index (χ2v) is 4.30. The molecule has 3 rings (SSSR count). The van der Waals surface area contributed by atoms with Crippen LogP contribution >= 0.6 is 0 Å². The number of imide groups is 1. The van der Waals surface area contributed by atoms with E-state index in [-0.39, 0.29) is 17.6 Å². The number of nitrogens with one attached hydrogen (secondary N) is 1. The average molecular weight is 245 g/mol. The van der Waals surface area contributed by atoms with E-state index in [9.17, 15) is 14.7 Å². The monoisotopic (exact) mass is 245 g/mol. The van der Waals surface area contributed by atoms with Gasteiger partial charge in [0.05, 0.1) is 6.20 Å².